The number of hydrogen-bond acceptors (Lipinski definition) is 4. The standard InChI is InChI=1S/C14H16N2O3/c15-7-8-19-9-14(18)16-12-5-1-4-11-10(12)3-2-6-13(11)17/h1-6,17H,7-9,15H2,(H,16,18). The normalized spacial score (nSPS) is 10.6. The maximum absolute atomic E-state index is 11.7. The SMILES string of the molecule is NCCOCC(=O)Nc1cccc2c(O)cccc12. The topological polar surface area (TPSA) is 84.6 Å². The molecule has 0 spiro atoms. The van der Waals surface area contributed by atoms with Gasteiger partial charge in [0.1, 0.15) is 12.4 Å². The van der Waals surface area contributed by atoms with Gasteiger partial charge in [0.15, 0.2) is 0 Å². The summed E-state index contributed by atoms with van der Waals surface area (Å²) >= 11 is 0. The van der Waals surface area contributed by atoms with Crippen LogP contribution in [-0.4, -0.2) is 30.8 Å². The second kappa shape index (κ2) is 6.17. The van der Waals surface area contributed by atoms with Gasteiger partial charge in [0.25, 0.3) is 0 Å². The van der Waals surface area contributed by atoms with Gasteiger partial charge in [-0.15, -0.1) is 0 Å². The molecule has 2 aromatic carbocycles. The lowest BCUT2D eigenvalue weighted by Crippen LogP contribution is -2.20. The van der Waals surface area contributed by atoms with Gasteiger partial charge in [-0.05, 0) is 12.1 Å². The molecule has 0 radical (unpaired) electrons. The van der Waals surface area contributed by atoms with E-state index in [0.717, 1.165) is 5.39 Å². The first-order valence-electron chi connectivity index (χ1n) is 6.00. The first-order chi connectivity index (χ1) is 9.22. The Labute approximate surface area is 111 Å². The van der Waals surface area contributed by atoms with Gasteiger partial charge < -0.3 is 20.9 Å². The Hall–Kier alpha value is -2.11. The molecular formula is C14H16N2O3. The predicted molar refractivity (Wildman–Crippen MR) is 74.1 cm³/mol. The van der Waals surface area contributed by atoms with Crippen molar-refractivity contribution >= 4 is 22.4 Å². The van der Waals surface area contributed by atoms with Gasteiger partial charge in [0, 0.05) is 23.0 Å². The van der Waals surface area contributed by atoms with Crippen LogP contribution in [-0.2, 0) is 9.53 Å². The molecule has 0 aliphatic heterocycles. The number of phenols is 1. The Bertz CT molecular complexity index is 584. The second-order valence-corrected chi connectivity index (χ2v) is 4.07. The van der Waals surface area contributed by atoms with Gasteiger partial charge >= 0.3 is 0 Å². The van der Waals surface area contributed by atoms with E-state index in [0.29, 0.717) is 24.2 Å². The minimum Gasteiger partial charge on any atom is -0.507 e. The summed E-state index contributed by atoms with van der Waals surface area (Å²) in [6.45, 7) is 0.700. The van der Waals surface area contributed by atoms with Crippen molar-refractivity contribution in [3.05, 3.63) is 36.4 Å². The largest absolute Gasteiger partial charge is 0.507 e. The van der Waals surface area contributed by atoms with Crippen molar-refractivity contribution in [3.8, 4) is 5.75 Å². The minimum atomic E-state index is -0.246. The molecule has 5 heteroatoms. The van der Waals surface area contributed by atoms with Crippen LogP contribution < -0.4 is 11.1 Å². The highest BCUT2D eigenvalue weighted by molar-refractivity contribution is 6.04. The second-order valence-electron chi connectivity index (χ2n) is 4.07. The molecule has 19 heavy (non-hydrogen) atoms. The highest BCUT2D eigenvalue weighted by atomic mass is 16.5. The molecule has 5 nitrogen and oxygen atoms in total. The molecule has 2 rings (SSSR count). The van der Waals surface area contributed by atoms with E-state index in [9.17, 15) is 9.90 Å². The molecule has 2 aromatic rings. The van der Waals surface area contributed by atoms with Gasteiger partial charge in [0.05, 0.1) is 6.61 Å². The summed E-state index contributed by atoms with van der Waals surface area (Å²) in [6, 6.07) is 10.5. The molecule has 0 aliphatic carbocycles. The van der Waals surface area contributed by atoms with Crippen molar-refractivity contribution in [2.45, 2.75) is 0 Å². The number of phenolic OH excluding ortho intramolecular Hbond substituents is 1. The van der Waals surface area contributed by atoms with Crippen molar-refractivity contribution in [2.24, 2.45) is 5.73 Å². The summed E-state index contributed by atoms with van der Waals surface area (Å²) in [5.74, 6) is -0.0581. The van der Waals surface area contributed by atoms with E-state index in [1.165, 1.54) is 0 Å². The fourth-order valence-electron chi connectivity index (χ4n) is 1.84. The molecule has 0 heterocycles. The van der Waals surface area contributed by atoms with E-state index < -0.39 is 0 Å². The average Bonchev–Trinajstić information content (AvgIpc) is 2.40. The number of carbonyl (C=O) groups is 1. The van der Waals surface area contributed by atoms with Crippen molar-refractivity contribution in [3.63, 3.8) is 0 Å². The zero-order chi connectivity index (χ0) is 13.7. The fraction of sp³-hybridized carbons (Fsp3) is 0.214. The summed E-state index contributed by atoms with van der Waals surface area (Å²) in [6.07, 6.45) is 0. The number of aromatic hydroxyl groups is 1. The number of anilines is 1. The van der Waals surface area contributed by atoms with Crippen LogP contribution in [0.5, 0.6) is 5.75 Å². The zero-order valence-corrected chi connectivity index (χ0v) is 10.4. The van der Waals surface area contributed by atoms with Gasteiger partial charge in [-0.3, -0.25) is 4.79 Å². The number of fused-ring (bicyclic) bond motifs is 1. The molecule has 0 unspecified atom stereocenters. The Morgan fingerprint density at radius 3 is 2.74 bits per heavy atom. The molecule has 100 valence electrons. The van der Waals surface area contributed by atoms with Gasteiger partial charge in [0.2, 0.25) is 5.91 Å². The number of hydrogen-bond donors (Lipinski definition) is 3. The van der Waals surface area contributed by atoms with E-state index in [-0.39, 0.29) is 18.3 Å². The lowest BCUT2D eigenvalue weighted by atomic mass is 10.1. The number of benzene rings is 2. The fourth-order valence-corrected chi connectivity index (χ4v) is 1.84. The van der Waals surface area contributed by atoms with E-state index in [1.54, 1.807) is 30.3 Å². The summed E-state index contributed by atoms with van der Waals surface area (Å²) in [7, 11) is 0. The van der Waals surface area contributed by atoms with Crippen LogP contribution in [0.15, 0.2) is 36.4 Å². The molecule has 0 aromatic heterocycles. The first-order valence-corrected chi connectivity index (χ1v) is 6.00. The van der Waals surface area contributed by atoms with E-state index in [1.807, 2.05) is 6.07 Å². The average molecular weight is 260 g/mol. The van der Waals surface area contributed by atoms with Crippen molar-refractivity contribution in [2.75, 3.05) is 25.1 Å². The zero-order valence-electron chi connectivity index (χ0n) is 10.4. The van der Waals surface area contributed by atoms with Crippen LogP contribution in [0.4, 0.5) is 5.69 Å². The lowest BCUT2D eigenvalue weighted by molar-refractivity contribution is -0.120. The number of carbonyl (C=O) groups excluding carboxylic acids is 1. The summed E-state index contributed by atoms with van der Waals surface area (Å²) in [4.78, 5) is 11.7. The third-order valence-electron chi connectivity index (χ3n) is 2.67. The quantitative estimate of drug-likeness (QED) is 0.710. The molecule has 0 fully saturated rings. The van der Waals surface area contributed by atoms with E-state index >= 15 is 0 Å². The summed E-state index contributed by atoms with van der Waals surface area (Å²) < 4.78 is 5.07. The van der Waals surface area contributed by atoms with Crippen LogP contribution in [0, 0.1) is 0 Å². The Kier molecular flexibility index (Phi) is 4.33. The van der Waals surface area contributed by atoms with E-state index in [4.69, 9.17) is 10.5 Å². The van der Waals surface area contributed by atoms with Crippen molar-refractivity contribution < 1.29 is 14.6 Å². The van der Waals surface area contributed by atoms with Crippen LogP contribution >= 0.6 is 0 Å². The molecule has 0 bridgehead atoms. The van der Waals surface area contributed by atoms with Crippen LogP contribution in [0.1, 0.15) is 0 Å². The highest BCUT2D eigenvalue weighted by Crippen LogP contribution is 2.29. The molecule has 0 aliphatic rings. The third kappa shape index (κ3) is 3.21. The van der Waals surface area contributed by atoms with E-state index in [2.05, 4.69) is 5.32 Å². The molecule has 0 atom stereocenters. The summed E-state index contributed by atoms with van der Waals surface area (Å²) in [5, 5.41) is 14.0. The van der Waals surface area contributed by atoms with Crippen LogP contribution in [0.2, 0.25) is 0 Å². The van der Waals surface area contributed by atoms with Crippen LogP contribution in [0.3, 0.4) is 0 Å². The third-order valence-corrected chi connectivity index (χ3v) is 2.67. The van der Waals surface area contributed by atoms with Crippen molar-refractivity contribution in [1.82, 2.24) is 0 Å². The molecular weight excluding hydrogens is 244 g/mol. The maximum atomic E-state index is 11.7. The number of nitrogens with two attached hydrogens (primary N) is 1. The summed E-state index contributed by atoms with van der Waals surface area (Å²) in [5.41, 5.74) is 5.92. The van der Waals surface area contributed by atoms with Gasteiger partial charge in [-0.2, -0.15) is 0 Å². The van der Waals surface area contributed by atoms with Gasteiger partial charge in [-0.25, -0.2) is 0 Å². The molecule has 1 amide bonds. The Balaban J connectivity index is 2.17. The Morgan fingerprint density at radius 2 is 1.95 bits per heavy atom. The smallest absolute Gasteiger partial charge is 0.250 e. The molecule has 0 saturated heterocycles. The molecule has 4 N–H and O–H groups in total. The lowest BCUT2D eigenvalue weighted by Gasteiger charge is -2.09. The van der Waals surface area contributed by atoms with Crippen molar-refractivity contribution in [1.29, 1.82) is 0 Å². The van der Waals surface area contributed by atoms with Gasteiger partial charge in [-0.1, -0.05) is 24.3 Å². The Morgan fingerprint density at radius 1 is 1.21 bits per heavy atom. The maximum Gasteiger partial charge on any atom is 0.250 e. The predicted octanol–water partition coefficient (Wildman–Crippen LogP) is 1.46. The molecule has 0 saturated carbocycles. The highest BCUT2D eigenvalue weighted by Gasteiger charge is 2.07. The first kappa shape index (κ1) is 13.3. The number of amides is 1. The monoisotopic (exact) mass is 260 g/mol. The number of ether oxygens (including phenoxy) is 1. The van der Waals surface area contributed by atoms with Crippen LogP contribution in [0.25, 0.3) is 10.8 Å². The number of nitrogens with one attached hydrogen (secondary N) is 1. The minimum absolute atomic E-state index is 0.0353. The number of rotatable bonds is 5.